The molecule has 0 aliphatic heterocycles. The zero-order valence-corrected chi connectivity index (χ0v) is 9.88. The predicted octanol–water partition coefficient (Wildman–Crippen LogP) is 2.29. The molecule has 1 aromatic carbocycles. The molecule has 0 saturated heterocycles. The highest BCUT2D eigenvalue weighted by Crippen LogP contribution is 2.26. The standard InChI is InChI=1S/C12H15ClN2O/c1-8(7-16)14-6-11-12(13)9-4-2-3-5-10(9)15-11/h2-5,8,14-16H,6-7H2,1H3. The van der Waals surface area contributed by atoms with E-state index in [2.05, 4.69) is 10.3 Å². The summed E-state index contributed by atoms with van der Waals surface area (Å²) < 4.78 is 0. The quantitative estimate of drug-likeness (QED) is 0.766. The molecule has 0 saturated carbocycles. The van der Waals surface area contributed by atoms with Crippen molar-refractivity contribution >= 4 is 22.5 Å². The van der Waals surface area contributed by atoms with E-state index in [1.54, 1.807) is 0 Å². The zero-order valence-electron chi connectivity index (χ0n) is 9.13. The normalized spacial score (nSPS) is 13.2. The lowest BCUT2D eigenvalue weighted by Gasteiger charge is -2.09. The summed E-state index contributed by atoms with van der Waals surface area (Å²) in [5, 5.41) is 13.9. The molecule has 0 amide bonds. The van der Waals surface area contributed by atoms with Crippen LogP contribution in [0.15, 0.2) is 24.3 Å². The van der Waals surface area contributed by atoms with Crippen LogP contribution < -0.4 is 5.32 Å². The van der Waals surface area contributed by atoms with E-state index in [9.17, 15) is 0 Å². The van der Waals surface area contributed by atoms with E-state index in [0.29, 0.717) is 6.54 Å². The lowest BCUT2D eigenvalue weighted by Crippen LogP contribution is -2.28. The van der Waals surface area contributed by atoms with Crippen LogP contribution in [0, 0.1) is 0 Å². The molecule has 2 rings (SSSR count). The molecule has 0 aliphatic carbocycles. The highest BCUT2D eigenvalue weighted by Gasteiger charge is 2.09. The van der Waals surface area contributed by atoms with Gasteiger partial charge in [0.05, 0.1) is 11.6 Å². The second kappa shape index (κ2) is 4.87. The van der Waals surface area contributed by atoms with Crippen LogP contribution in [0.25, 0.3) is 10.9 Å². The third-order valence-corrected chi connectivity index (χ3v) is 3.05. The fourth-order valence-electron chi connectivity index (χ4n) is 1.63. The van der Waals surface area contributed by atoms with Crippen molar-refractivity contribution in [2.24, 2.45) is 0 Å². The molecule has 0 spiro atoms. The summed E-state index contributed by atoms with van der Waals surface area (Å²) in [5.74, 6) is 0. The topological polar surface area (TPSA) is 48.0 Å². The Morgan fingerprint density at radius 1 is 1.44 bits per heavy atom. The predicted molar refractivity (Wildman–Crippen MR) is 66.7 cm³/mol. The first-order chi connectivity index (χ1) is 7.72. The Bertz CT molecular complexity index is 481. The maximum absolute atomic E-state index is 8.92. The molecule has 1 atom stereocenters. The molecule has 2 aromatic rings. The van der Waals surface area contributed by atoms with Crippen LogP contribution in [0.1, 0.15) is 12.6 Å². The van der Waals surface area contributed by atoms with Gasteiger partial charge in [0.25, 0.3) is 0 Å². The summed E-state index contributed by atoms with van der Waals surface area (Å²) in [7, 11) is 0. The van der Waals surface area contributed by atoms with Crippen molar-refractivity contribution in [3.8, 4) is 0 Å². The van der Waals surface area contributed by atoms with Gasteiger partial charge in [0.2, 0.25) is 0 Å². The summed E-state index contributed by atoms with van der Waals surface area (Å²) in [6, 6.07) is 8.01. The number of fused-ring (bicyclic) bond motifs is 1. The van der Waals surface area contributed by atoms with Crippen molar-refractivity contribution in [2.45, 2.75) is 19.5 Å². The molecule has 4 heteroatoms. The Kier molecular flexibility index (Phi) is 3.49. The fraction of sp³-hybridized carbons (Fsp3) is 0.333. The summed E-state index contributed by atoms with van der Waals surface area (Å²) in [5.41, 5.74) is 2.00. The maximum atomic E-state index is 8.92. The number of H-pyrrole nitrogens is 1. The minimum atomic E-state index is 0.0717. The molecule has 3 nitrogen and oxygen atoms in total. The highest BCUT2D eigenvalue weighted by atomic mass is 35.5. The number of aliphatic hydroxyl groups excluding tert-OH is 1. The molecule has 1 heterocycles. The monoisotopic (exact) mass is 238 g/mol. The van der Waals surface area contributed by atoms with Crippen molar-refractivity contribution in [3.63, 3.8) is 0 Å². The van der Waals surface area contributed by atoms with Crippen molar-refractivity contribution in [2.75, 3.05) is 6.61 Å². The van der Waals surface area contributed by atoms with Crippen molar-refractivity contribution < 1.29 is 5.11 Å². The fourth-order valence-corrected chi connectivity index (χ4v) is 1.91. The third kappa shape index (κ3) is 2.21. The van der Waals surface area contributed by atoms with Crippen molar-refractivity contribution in [3.05, 3.63) is 35.0 Å². The molecule has 0 bridgehead atoms. The Balaban J connectivity index is 2.21. The summed E-state index contributed by atoms with van der Waals surface area (Å²) in [4.78, 5) is 3.27. The van der Waals surface area contributed by atoms with Crippen LogP contribution in [0.3, 0.4) is 0 Å². The molecule has 1 aromatic heterocycles. The van der Waals surface area contributed by atoms with Gasteiger partial charge in [-0.1, -0.05) is 29.8 Å². The average molecular weight is 239 g/mol. The molecule has 0 aliphatic rings. The molecule has 3 N–H and O–H groups in total. The lowest BCUT2D eigenvalue weighted by atomic mass is 10.2. The number of nitrogens with one attached hydrogen (secondary N) is 2. The Morgan fingerprint density at radius 3 is 2.88 bits per heavy atom. The Labute approximate surface area is 99.4 Å². The van der Waals surface area contributed by atoms with Crippen LogP contribution in [0.2, 0.25) is 5.02 Å². The molecular formula is C12H15ClN2O. The van der Waals surface area contributed by atoms with Crippen LogP contribution in [-0.4, -0.2) is 22.7 Å². The van der Waals surface area contributed by atoms with E-state index >= 15 is 0 Å². The smallest absolute Gasteiger partial charge is 0.0705 e. The van der Waals surface area contributed by atoms with Gasteiger partial charge in [-0.2, -0.15) is 0 Å². The van der Waals surface area contributed by atoms with Crippen LogP contribution in [0.4, 0.5) is 0 Å². The summed E-state index contributed by atoms with van der Waals surface area (Å²) >= 11 is 6.25. The van der Waals surface area contributed by atoms with Crippen molar-refractivity contribution in [1.29, 1.82) is 0 Å². The lowest BCUT2D eigenvalue weighted by molar-refractivity contribution is 0.251. The van der Waals surface area contributed by atoms with Gasteiger partial charge in [0, 0.05) is 29.2 Å². The van der Waals surface area contributed by atoms with E-state index < -0.39 is 0 Å². The second-order valence-electron chi connectivity index (χ2n) is 3.93. The molecule has 16 heavy (non-hydrogen) atoms. The molecule has 1 unspecified atom stereocenters. The van der Waals surface area contributed by atoms with E-state index in [4.69, 9.17) is 16.7 Å². The van der Waals surface area contributed by atoms with Gasteiger partial charge in [0.15, 0.2) is 0 Å². The first-order valence-corrected chi connectivity index (χ1v) is 5.69. The maximum Gasteiger partial charge on any atom is 0.0705 e. The Hall–Kier alpha value is -1.03. The van der Waals surface area contributed by atoms with Gasteiger partial charge < -0.3 is 15.4 Å². The van der Waals surface area contributed by atoms with Gasteiger partial charge in [0.1, 0.15) is 0 Å². The number of aromatic nitrogens is 1. The second-order valence-corrected chi connectivity index (χ2v) is 4.31. The largest absolute Gasteiger partial charge is 0.395 e. The van der Waals surface area contributed by atoms with Gasteiger partial charge in [-0.3, -0.25) is 0 Å². The summed E-state index contributed by atoms with van der Waals surface area (Å²) in [6.45, 7) is 2.68. The Morgan fingerprint density at radius 2 is 2.19 bits per heavy atom. The van der Waals surface area contributed by atoms with Gasteiger partial charge in [-0.25, -0.2) is 0 Å². The van der Waals surface area contributed by atoms with Crippen LogP contribution in [-0.2, 0) is 6.54 Å². The molecule has 0 fully saturated rings. The zero-order chi connectivity index (χ0) is 11.5. The molecular weight excluding hydrogens is 224 g/mol. The summed E-state index contributed by atoms with van der Waals surface area (Å²) in [6.07, 6.45) is 0. The minimum absolute atomic E-state index is 0.0717. The number of aromatic amines is 1. The number of aliphatic hydroxyl groups is 1. The molecule has 86 valence electrons. The third-order valence-electron chi connectivity index (χ3n) is 2.62. The number of para-hydroxylation sites is 1. The average Bonchev–Trinajstić information content (AvgIpc) is 2.64. The number of rotatable bonds is 4. The van der Waals surface area contributed by atoms with E-state index in [0.717, 1.165) is 21.6 Å². The minimum Gasteiger partial charge on any atom is -0.395 e. The first kappa shape index (κ1) is 11.5. The van der Waals surface area contributed by atoms with Gasteiger partial charge >= 0.3 is 0 Å². The van der Waals surface area contributed by atoms with E-state index in [1.807, 2.05) is 31.2 Å². The number of hydrogen-bond donors (Lipinski definition) is 3. The van der Waals surface area contributed by atoms with E-state index in [1.165, 1.54) is 0 Å². The van der Waals surface area contributed by atoms with E-state index in [-0.39, 0.29) is 12.6 Å². The highest BCUT2D eigenvalue weighted by molar-refractivity contribution is 6.36. The van der Waals surface area contributed by atoms with Crippen LogP contribution in [0.5, 0.6) is 0 Å². The SMILES string of the molecule is CC(CO)NCc1[nH]c2ccccc2c1Cl. The van der Waals surface area contributed by atoms with Gasteiger partial charge in [-0.15, -0.1) is 0 Å². The molecule has 0 radical (unpaired) electrons. The first-order valence-electron chi connectivity index (χ1n) is 5.31. The van der Waals surface area contributed by atoms with Gasteiger partial charge in [-0.05, 0) is 13.0 Å². The number of halogens is 1. The van der Waals surface area contributed by atoms with Crippen molar-refractivity contribution in [1.82, 2.24) is 10.3 Å². The number of hydrogen-bond acceptors (Lipinski definition) is 2. The van der Waals surface area contributed by atoms with Crippen LogP contribution >= 0.6 is 11.6 Å². The number of benzene rings is 1.